The molecule has 8 heteroatoms. The fraction of sp³-hybridized carbons (Fsp3) is 0.400. The predicted molar refractivity (Wildman–Crippen MR) is 105 cm³/mol. The number of imide groups is 1. The van der Waals surface area contributed by atoms with Gasteiger partial charge in [0.2, 0.25) is 5.91 Å². The number of rotatable bonds is 4. The second-order valence-corrected chi connectivity index (χ2v) is 8.28. The van der Waals surface area contributed by atoms with Crippen LogP contribution in [0.4, 0.5) is 4.79 Å². The molecule has 0 unspecified atom stereocenters. The highest BCUT2D eigenvalue weighted by molar-refractivity contribution is 7.09. The summed E-state index contributed by atoms with van der Waals surface area (Å²) in [5.74, 6) is -0.548. The second-order valence-electron chi connectivity index (χ2n) is 7.22. The minimum Gasteiger partial charge on any atom is -0.341 e. The zero-order valence-electron chi connectivity index (χ0n) is 15.7. The molecular formula is C20H22N4O3S. The number of carbonyl (C=O) groups excluding carboxylic acids is 3. The molecule has 1 N–H and O–H groups in total. The first-order valence-electron chi connectivity index (χ1n) is 9.34. The molecule has 1 aromatic carbocycles. The Morgan fingerprint density at radius 3 is 2.50 bits per heavy atom. The lowest BCUT2D eigenvalue weighted by Crippen LogP contribution is -2.49. The Morgan fingerprint density at radius 1 is 1.21 bits per heavy atom. The Balaban J connectivity index is 1.52. The minimum absolute atomic E-state index is 0.0353. The van der Waals surface area contributed by atoms with Crippen LogP contribution < -0.4 is 5.32 Å². The molecule has 28 heavy (non-hydrogen) atoms. The topological polar surface area (TPSA) is 82.6 Å². The number of nitrogens with zero attached hydrogens (tertiary/aromatic N) is 3. The van der Waals surface area contributed by atoms with E-state index in [4.69, 9.17) is 4.98 Å². The van der Waals surface area contributed by atoms with Gasteiger partial charge in [0.15, 0.2) is 0 Å². The van der Waals surface area contributed by atoms with Crippen LogP contribution in [0.15, 0.2) is 35.7 Å². The number of hydrogen-bond acceptors (Lipinski definition) is 5. The molecule has 4 rings (SSSR count). The molecule has 0 atom stereocenters. The standard InChI is InChI=1S/C20H22N4O3S/c1-14-22-16(13-28-14)20(15-5-3-2-4-6-15)7-9-23(10-8-20)18(26)12-24-17(25)11-21-19(24)27/h2-6,13H,7-12H2,1H3,(H,21,27). The van der Waals surface area contributed by atoms with Crippen LogP contribution in [-0.2, 0) is 15.0 Å². The molecule has 0 aliphatic carbocycles. The molecule has 0 bridgehead atoms. The van der Waals surface area contributed by atoms with Crippen LogP contribution >= 0.6 is 11.3 Å². The number of piperidine rings is 1. The van der Waals surface area contributed by atoms with Crippen LogP contribution in [0.3, 0.4) is 0 Å². The normalized spacial score (nSPS) is 19.0. The quantitative estimate of drug-likeness (QED) is 0.798. The van der Waals surface area contributed by atoms with Gasteiger partial charge in [0.1, 0.15) is 6.54 Å². The number of amides is 4. The molecule has 0 radical (unpaired) electrons. The van der Waals surface area contributed by atoms with Crippen molar-refractivity contribution in [3.05, 3.63) is 52.0 Å². The van der Waals surface area contributed by atoms with Crippen molar-refractivity contribution in [2.75, 3.05) is 26.2 Å². The van der Waals surface area contributed by atoms with Gasteiger partial charge in [-0.3, -0.25) is 14.5 Å². The van der Waals surface area contributed by atoms with Crippen molar-refractivity contribution >= 4 is 29.2 Å². The van der Waals surface area contributed by atoms with Gasteiger partial charge in [-0.25, -0.2) is 9.78 Å². The molecule has 4 amide bonds. The summed E-state index contributed by atoms with van der Waals surface area (Å²) in [6.07, 6.45) is 1.51. The Bertz CT molecular complexity index is 887. The fourth-order valence-electron chi connectivity index (χ4n) is 4.02. The summed E-state index contributed by atoms with van der Waals surface area (Å²) < 4.78 is 0. The van der Waals surface area contributed by atoms with Crippen molar-refractivity contribution in [3.8, 4) is 0 Å². The molecule has 3 heterocycles. The third kappa shape index (κ3) is 3.28. The Labute approximate surface area is 167 Å². The summed E-state index contributed by atoms with van der Waals surface area (Å²) in [5, 5.41) is 5.59. The summed E-state index contributed by atoms with van der Waals surface area (Å²) in [7, 11) is 0. The maximum Gasteiger partial charge on any atom is 0.325 e. The van der Waals surface area contributed by atoms with E-state index in [0.717, 1.165) is 28.4 Å². The maximum atomic E-state index is 12.7. The van der Waals surface area contributed by atoms with E-state index in [1.54, 1.807) is 16.2 Å². The third-order valence-electron chi connectivity index (χ3n) is 5.64. The highest BCUT2D eigenvalue weighted by atomic mass is 32.1. The van der Waals surface area contributed by atoms with Gasteiger partial charge in [-0.05, 0) is 25.3 Å². The zero-order valence-corrected chi connectivity index (χ0v) is 16.5. The monoisotopic (exact) mass is 398 g/mol. The van der Waals surface area contributed by atoms with Crippen molar-refractivity contribution in [2.24, 2.45) is 0 Å². The first-order valence-corrected chi connectivity index (χ1v) is 10.2. The van der Waals surface area contributed by atoms with Crippen LogP contribution in [0, 0.1) is 6.92 Å². The van der Waals surface area contributed by atoms with E-state index in [9.17, 15) is 14.4 Å². The number of benzene rings is 1. The summed E-state index contributed by atoms with van der Waals surface area (Å²) in [6.45, 7) is 2.90. The van der Waals surface area contributed by atoms with Gasteiger partial charge in [0, 0.05) is 23.9 Å². The summed E-state index contributed by atoms with van der Waals surface area (Å²) in [6, 6.07) is 9.82. The maximum absolute atomic E-state index is 12.7. The molecule has 0 saturated carbocycles. The predicted octanol–water partition coefficient (Wildman–Crippen LogP) is 1.91. The number of aromatic nitrogens is 1. The highest BCUT2D eigenvalue weighted by Crippen LogP contribution is 2.41. The summed E-state index contributed by atoms with van der Waals surface area (Å²) >= 11 is 1.64. The molecule has 2 fully saturated rings. The third-order valence-corrected chi connectivity index (χ3v) is 6.41. The number of carbonyl (C=O) groups is 3. The van der Waals surface area contributed by atoms with Crippen LogP contribution in [0.2, 0.25) is 0 Å². The Kier molecular flexibility index (Phi) is 4.89. The van der Waals surface area contributed by atoms with Gasteiger partial charge >= 0.3 is 6.03 Å². The molecule has 2 aromatic rings. The second kappa shape index (κ2) is 7.35. The van der Waals surface area contributed by atoms with Crippen molar-refractivity contribution in [1.29, 1.82) is 0 Å². The lowest BCUT2D eigenvalue weighted by atomic mass is 9.70. The van der Waals surface area contributed by atoms with E-state index >= 15 is 0 Å². The number of likely N-dealkylation sites (tertiary alicyclic amines) is 1. The number of aryl methyl sites for hydroxylation is 1. The molecule has 2 aliphatic heterocycles. The molecule has 2 saturated heterocycles. The van der Waals surface area contributed by atoms with E-state index < -0.39 is 6.03 Å². The van der Waals surface area contributed by atoms with Crippen molar-refractivity contribution in [2.45, 2.75) is 25.2 Å². The highest BCUT2D eigenvalue weighted by Gasteiger charge is 2.41. The SMILES string of the molecule is Cc1nc(C2(c3ccccc3)CCN(C(=O)CN3C(=O)CNC3=O)CC2)cs1. The van der Waals surface area contributed by atoms with E-state index in [1.807, 2.05) is 25.1 Å². The summed E-state index contributed by atoms with van der Waals surface area (Å²) in [4.78, 5) is 43.6. The number of thiazole rings is 1. The molecular weight excluding hydrogens is 376 g/mol. The average Bonchev–Trinajstić information content (AvgIpc) is 3.29. The smallest absolute Gasteiger partial charge is 0.325 e. The minimum atomic E-state index is -0.494. The lowest BCUT2D eigenvalue weighted by Gasteiger charge is -2.41. The summed E-state index contributed by atoms with van der Waals surface area (Å²) in [5.41, 5.74) is 2.05. The Hall–Kier alpha value is -2.74. The number of nitrogens with one attached hydrogen (secondary N) is 1. The molecule has 0 spiro atoms. The molecule has 146 valence electrons. The van der Waals surface area contributed by atoms with E-state index in [-0.39, 0.29) is 30.3 Å². The van der Waals surface area contributed by atoms with E-state index in [2.05, 4.69) is 22.8 Å². The first-order chi connectivity index (χ1) is 13.5. The average molecular weight is 398 g/mol. The van der Waals surface area contributed by atoms with E-state index in [0.29, 0.717) is 13.1 Å². The molecule has 1 aromatic heterocycles. The molecule has 7 nitrogen and oxygen atoms in total. The van der Waals surface area contributed by atoms with Crippen LogP contribution in [0.5, 0.6) is 0 Å². The van der Waals surface area contributed by atoms with Gasteiger partial charge in [0.25, 0.3) is 5.91 Å². The van der Waals surface area contributed by atoms with E-state index in [1.165, 1.54) is 5.56 Å². The van der Waals surface area contributed by atoms with Gasteiger partial charge in [0.05, 0.1) is 17.2 Å². The van der Waals surface area contributed by atoms with Crippen LogP contribution in [0.1, 0.15) is 29.1 Å². The largest absolute Gasteiger partial charge is 0.341 e. The van der Waals surface area contributed by atoms with Crippen molar-refractivity contribution in [1.82, 2.24) is 20.1 Å². The number of hydrogen-bond donors (Lipinski definition) is 1. The van der Waals surface area contributed by atoms with Crippen LogP contribution in [-0.4, -0.2) is 58.8 Å². The van der Waals surface area contributed by atoms with Crippen LogP contribution in [0.25, 0.3) is 0 Å². The van der Waals surface area contributed by atoms with Gasteiger partial charge in [-0.1, -0.05) is 30.3 Å². The first kappa shape index (κ1) is 18.6. The van der Waals surface area contributed by atoms with Crippen molar-refractivity contribution < 1.29 is 14.4 Å². The van der Waals surface area contributed by atoms with Gasteiger partial charge in [-0.2, -0.15) is 0 Å². The Morgan fingerprint density at radius 2 is 1.93 bits per heavy atom. The van der Waals surface area contributed by atoms with Gasteiger partial charge in [-0.15, -0.1) is 11.3 Å². The fourth-order valence-corrected chi connectivity index (χ4v) is 4.73. The van der Waals surface area contributed by atoms with Crippen molar-refractivity contribution in [3.63, 3.8) is 0 Å². The number of urea groups is 1. The van der Waals surface area contributed by atoms with Gasteiger partial charge < -0.3 is 10.2 Å². The lowest BCUT2D eigenvalue weighted by molar-refractivity contribution is -0.137. The zero-order chi connectivity index (χ0) is 19.7. The molecule has 2 aliphatic rings.